The van der Waals surface area contributed by atoms with Gasteiger partial charge in [-0.3, -0.25) is 0 Å². The number of furan rings is 1. The molecule has 1 atom stereocenters. The normalized spacial score (nSPS) is 12.9. The van der Waals surface area contributed by atoms with Gasteiger partial charge in [0.05, 0.1) is 6.04 Å². The molecule has 0 aromatic carbocycles. The van der Waals surface area contributed by atoms with Crippen molar-refractivity contribution < 1.29 is 9.15 Å². The number of methoxy groups -OCH3 is 1. The van der Waals surface area contributed by atoms with Gasteiger partial charge in [0, 0.05) is 7.11 Å². The standard InChI is InChI=1S/C13H23NO2/c1-4-5-6-7-12(14-2)13-9-8-11(16-13)10-15-3/h8-9,12,14H,4-7,10H2,1-3H3. The molecule has 3 nitrogen and oxygen atoms in total. The molecule has 1 rings (SSSR count). The van der Waals surface area contributed by atoms with Gasteiger partial charge in [0.25, 0.3) is 0 Å². The molecule has 0 aliphatic rings. The van der Waals surface area contributed by atoms with E-state index < -0.39 is 0 Å². The molecule has 0 saturated heterocycles. The molecule has 0 aliphatic heterocycles. The maximum atomic E-state index is 5.72. The molecule has 16 heavy (non-hydrogen) atoms. The first-order valence-corrected chi connectivity index (χ1v) is 6.06. The Labute approximate surface area is 98.2 Å². The second-order valence-electron chi connectivity index (χ2n) is 4.07. The van der Waals surface area contributed by atoms with Crippen molar-refractivity contribution >= 4 is 0 Å². The summed E-state index contributed by atoms with van der Waals surface area (Å²) in [5.74, 6) is 1.92. The van der Waals surface area contributed by atoms with Crippen LogP contribution in [0.15, 0.2) is 16.5 Å². The summed E-state index contributed by atoms with van der Waals surface area (Å²) < 4.78 is 10.8. The summed E-state index contributed by atoms with van der Waals surface area (Å²) in [5.41, 5.74) is 0. The molecule has 3 heteroatoms. The molecule has 1 heterocycles. The highest BCUT2D eigenvalue weighted by atomic mass is 16.5. The Morgan fingerprint density at radius 3 is 2.81 bits per heavy atom. The fraction of sp³-hybridized carbons (Fsp3) is 0.692. The van der Waals surface area contributed by atoms with Crippen LogP contribution < -0.4 is 5.32 Å². The van der Waals surface area contributed by atoms with Gasteiger partial charge in [-0.15, -0.1) is 0 Å². The zero-order chi connectivity index (χ0) is 11.8. The van der Waals surface area contributed by atoms with E-state index in [-0.39, 0.29) is 0 Å². The summed E-state index contributed by atoms with van der Waals surface area (Å²) in [4.78, 5) is 0. The molecule has 92 valence electrons. The molecule has 1 N–H and O–H groups in total. The minimum Gasteiger partial charge on any atom is -0.462 e. The van der Waals surface area contributed by atoms with Crippen LogP contribution >= 0.6 is 0 Å². The zero-order valence-corrected chi connectivity index (χ0v) is 10.6. The van der Waals surface area contributed by atoms with E-state index in [2.05, 4.69) is 12.2 Å². The van der Waals surface area contributed by atoms with Gasteiger partial charge in [-0.1, -0.05) is 26.2 Å². The Morgan fingerprint density at radius 2 is 2.19 bits per heavy atom. The van der Waals surface area contributed by atoms with Crippen LogP contribution in [0.2, 0.25) is 0 Å². The summed E-state index contributed by atoms with van der Waals surface area (Å²) in [6, 6.07) is 4.36. The lowest BCUT2D eigenvalue weighted by molar-refractivity contribution is 0.161. The maximum Gasteiger partial charge on any atom is 0.129 e. The third-order valence-electron chi connectivity index (χ3n) is 2.76. The van der Waals surface area contributed by atoms with Crippen LogP contribution in [-0.2, 0) is 11.3 Å². The van der Waals surface area contributed by atoms with E-state index in [1.165, 1.54) is 19.3 Å². The van der Waals surface area contributed by atoms with E-state index in [1.807, 2.05) is 19.2 Å². The number of nitrogens with one attached hydrogen (secondary N) is 1. The van der Waals surface area contributed by atoms with Gasteiger partial charge in [0.2, 0.25) is 0 Å². The van der Waals surface area contributed by atoms with Crippen molar-refractivity contribution in [1.29, 1.82) is 0 Å². The summed E-state index contributed by atoms with van der Waals surface area (Å²) in [7, 11) is 3.66. The molecule has 0 saturated carbocycles. The molecule has 1 unspecified atom stereocenters. The molecule has 0 radical (unpaired) electrons. The first-order chi connectivity index (χ1) is 7.81. The molecule has 0 fully saturated rings. The van der Waals surface area contributed by atoms with E-state index in [1.54, 1.807) is 7.11 Å². The molecule has 1 aromatic rings. The minimum absolute atomic E-state index is 0.331. The first-order valence-electron chi connectivity index (χ1n) is 6.06. The molecule has 0 spiro atoms. The molecule has 0 amide bonds. The SMILES string of the molecule is CCCCCC(NC)c1ccc(COC)o1. The van der Waals surface area contributed by atoms with Crippen LogP contribution in [0.25, 0.3) is 0 Å². The quantitative estimate of drug-likeness (QED) is 0.689. The Morgan fingerprint density at radius 1 is 1.38 bits per heavy atom. The van der Waals surface area contributed by atoms with Gasteiger partial charge in [-0.2, -0.15) is 0 Å². The van der Waals surface area contributed by atoms with Crippen LogP contribution in [0.1, 0.15) is 50.2 Å². The predicted molar refractivity (Wildman–Crippen MR) is 65.4 cm³/mol. The minimum atomic E-state index is 0.331. The summed E-state index contributed by atoms with van der Waals surface area (Å²) >= 11 is 0. The van der Waals surface area contributed by atoms with Crippen molar-refractivity contribution in [3.05, 3.63) is 23.7 Å². The Hall–Kier alpha value is -0.800. The average Bonchev–Trinajstić information content (AvgIpc) is 2.74. The molecule has 1 aromatic heterocycles. The lowest BCUT2D eigenvalue weighted by Gasteiger charge is -2.13. The van der Waals surface area contributed by atoms with Crippen LogP contribution in [0.3, 0.4) is 0 Å². The number of hydrogen-bond donors (Lipinski definition) is 1. The van der Waals surface area contributed by atoms with Crippen molar-refractivity contribution in [1.82, 2.24) is 5.32 Å². The van der Waals surface area contributed by atoms with Crippen LogP contribution in [0.4, 0.5) is 0 Å². The highest BCUT2D eigenvalue weighted by Gasteiger charge is 2.13. The van der Waals surface area contributed by atoms with Gasteiger partial charge in [0.15, 0.2) is 0 Å². The topological polar surface area (TPSA) is 34.4 Å². The fourth-order valence-corrected chi connectivity index (χ4v) is 1.83. The van der Waals surface area contributed by atoms with Gasteiger partial charge in [0.1, 0.15) is 18.1 Å². The third kappa shape index (κ3) is 3.99. The Balaban J connectivity index is 2.49. The average molecular weight is 225 g/mol. The highest BCUT2D eigenvalue weighted by Crippen LogP contribution is 2.22. The van der Waals surface area contributed by atoms with Gasteiger partial charge in [-0.05, 0) is 25.6 Å². The van der Waals surface area contributed by atoms with Crippen LogP contribution in [-0.4, -0.2) is 14.2 Å². The maximum absolute atomic E-state index is 5.72. The van der Waals surface area contributed by atoms with E-state index in [0.29, 0.717) is 12.6 Å². The van der Waals surface area contributed by atoms with Crippen molar-refractivity contribution in [2.24, 2.45) is 0 Å². The van der Waals surface area contributed by atoms with E-state index in [0.717, 1.165) is 17.9 Å². The number of rotatable bonds is 8. The Kier molecular flexibility index (Phi) is 6.19. The summed E-state index contributed by atoms with van der Waals surface area (Å²) in [6.45, 7) is 2.77. The number of ether oxygens (including phenoxy) is 1. The molecule has 0 aliphatic carbocycles. The van der Waals surface area contributed by atoms with Gasteiger partial charge in [-0.25, -0.2) is 0 Å². The second-order valence-corrected chi connectivity index (χ2v) is 4.07. The Bertz CT molecular complexity index is 283. The van der Waals surface area contributed by atoms with E-state index >= 15 is 0 Å². The monoisotopic (exact) mass is 225 g/mol. The third-order valence-corrected chi connectivity index (χ3v) is 2.76. The predicted octanol–water partition coefficient (Wildman–Crippen LogP) is 3.27. The van der Waals surface area contributed by atoms with Crippen molar-refractivity contribution in [3.63, 3.8) is 0 Å². The van der Waals surface area contributed by atoms with Crippen LogP contribution in [0.5, 0.6) is 0 Å². The van der Waals surface area contributed by atoms with Crippen molar-refractivity contribution in [2.75, 3.05) is 14.2 Å². The number of hydrogen-bond acceptors (Lipinski definition) is 3. The van der Waals surface area contributed by atoms with Gasteiger partial charge >= 0.3 is 0 Å². The summed E-state index contributed by atoms with van der Waals surface area (Å²) in [6.07, 6.45) is 4.90. The van der Waals surface area contributed by atoms with Gasteiger partial charge < -0.3 is 14.5 Å². The summed E-state index contributed by atoms with van der Waals surface area (Å²) in [5, 5.41) is 3.30. The fourth-order valence-electron chi connectivity index (χ4n) is 1.83. The van der Waals surface area contributed by atoms with Crippen molar-refractivity contribution in [2.45, 2.75) is 45.3 Å². The lowest BCUT2D eigenvalue weighted by atomic mass is 10.1. The zero-order valence-electron chi connectivity index (χ0n) is 10.6. The first kappa shape index (κ1) is 13.3. The van der Waals surface area contributed by atoms with E-state index in [4.69, 9.17) is 9.15 Å². The molecular weight excluding hydrogens is 202 g/mol. The lowest BCUT2D eigenvalue weighted by Crippen LogP contribution is -2.15. The largest absolute Gasteiger partial charge is 0.462 e. The second kappa shape index (κ2) is 7.47. The highest BCUT2D eigenvalue weighted by molar-refractivity contribution is 5.10. The smallest absolute Gasteiger partial charge is 0.129 e. The van der Waals surface area contributed by atoms with E-state index in [9.17, 15) is 0 Å². The number of unbranched alkanes of at least 4 members (excludes halogenated alkanes) is 2. The van der Waals surface area contributed by atoms with Crippen molar-refractivity contribution in [3.8, 4) is 0 Å². The molecular formula is C13H23NO2. The van der Waals surface area contributed by atoms with Crippen LogP contribution in [0, 0.1) is 0 Å². The molecule has 0 bridgehead atoms.